The van der Waals surface area contributed by atoms with Gasteiger partial charge < -0.3 is 54.5 Å². The van der Waals surface area contributed by atoms with Crippen LogP contribution in [0, 0.1) is 22.7 Å². The van der Waals surface area contributed by atoms with Crippen LogP contribution in [0.15, 0.2) is 11.1 Å². The van der Waals surface area contributed by atoms with E-state index >= 15 is 0 Å². The Bertz CT molecular complexity index is 1410. The first-order valence-electron chi connectivity index (χ1n) is 17.6. The van der Waals surface area contributed by atoms with Crippen LogP contribution >= 0.6 is 0 Å². The maximum absolute atomic E-state index is 13.7. The summed E-state index contributed by atoms with van der Waals surface area (Å²) in [5.74, 6) is -4.00. The van der Waals surface area contributed by atoms with Crippen molar-refractivity contribution in [2.45, 2.75) is 161 Å². The number of alkyl carbamates (subject to hydrolysis) is 1. The van der Waals surface area contributed by atoms with Gasteiger partial charge in [0, 0.05) is 38.0 Å². The van der Waals surface area contributed by atoms with Gasteiger partial charge in [-0.25, -0.2) is 9.59 Å². The van der Waals surface area contributed by atoms with E-state index in [1.165, 1.54) is 27.7 Å². The van der Waals surface area contributed by atoms with Crippen molar-refractivity contribution in [3.63, 3.8) is 0 Å². The average molecular weight is 728 g/mol. The molecule has 15 nitrogen and oxygen atoms in total. The third-order valence-electron chi connectivity index (χ3n) is 11.4. The molecule has 12 atom stereocenters. The van der Waals surface area contributed by atoms with Crippen LogP contribution in [0.1, 0.15) is 95.4 Å². The topological polar surface area (TPSA) is 228 Å². The Balaban J connectivity index is 1.84. The number of nitrogens with one attached hydrogen (secondary N) is 1. The third kappa shape index (κ3) is 7.01. The second-order valence-corrected chi connectivity index (χ2v) is 16.9. The number of aliphatic hydroxyl groups is 5. The van der Waals surface area contributed by atoms with E-state index in [0.29, 0.717) is 0 Å². The Morgan fingerprint density at radius 2 is 1.61 bits per heavy atom. The first kappa shape index (κ1) is 40.9. The Morgan fingerprint density at radius 1 is 1.00 bits per heavy atom. The van der Waals surface area contributed by atoms with Gasteiger partial charge in [0.1, 0.15) is 23.9 Å². The molecule has 1 amide bonds. The fraction of sp³-hybridized carbons (Fsp3) is 0.833. The van der Waals surface area contributed by atoms with E-state index < -0.39 is 106 Å². The fourth-order valence-electron chi connectivity index (χ4n) is 9.12. The molecule has 0 bridgehead atoms. The molecule has 3 fully saturated rings. The molecule has 1 heterocycles. The lowest BCUT2D eigenvalue weighted by atomic mass is 9.50. The van der Waals surface area contributed by atoms with Crippen LogP contribution in [0.25, 0.3) is 0 Å². The van der Waals surface area contributed by atoms with E-state index in [-0.39, 0.29) is 42.9 Å². The van der Waals surface area contributed by atoms with E-state index in [2.05, 4.69) is 5.32 Å². The van der Waals surface area contributed by atoms with Gasteiger partial charge in [0.15, 0.2) is 17.8 Å². The maximum atomic E-state index is 13.7. The van der Waals surface area contributed by atoms with Gasteiger partial charge in [0.05, 0.1) is 35.9 Å². The van der Waals surface area contributed by atoms with Crippen molar-refractivity contribution in [3.05, 3.63) is 11.1 Å². The Kier molecular flexibility index (Phi) is 11.1. The highest BCUT2D eigenvalue weighted by atomic mass is 16.6. The number of carbonyl (C=O) groups is 4. The minimum absolute atomic E-state index is 0.0701. The van der Waals surface area contributed by atoms with Crippen LogP contribution in [0.3, 0.4) is 0 Å². The summed E-state index contributed by atoms with van der Waals surface area (Å²) in [6.07, 6.45) is -11.4. The third-order valence-corrected chi connectivity index (χ3v) is 11.4. The molecule has 290 valence electrons. The molecule has 4 rings (SSSR count). The lowest BCUT2D eigenvalue weighted by Gasteiger charge is -2.65. The van der Waals surface area contributed by atoms with Gasteiger partial charge in [0.2, 0.25) is 0 Å². The van der Waals surface area contributed by atoms with Crippen LogP contribution in [-0.4, -0.2) is 122 Å². The van der Waals surface area contributed by atoms with Crippen molar-refractivity contribution < 1.29 is 68.4 Å². The summed E-state index contributed by atoms with van der Waals surface area (Å²) in [6.45, 7) is 16.7. The lowest BCUT2D eigenvalue weighted by molar-refractivity contribution is -0.351. The maximum Gasteiger partial charge on any atom is 0.407 e. The van der Waals surface area contributed by atoms with Crippen LogP contribution in [0.5, 0.6) is 0 Å². The molecule has 0 aromatic heterocycles. The van der Waals surface area contributed by atoms with Crippen LogP contribution in [0.2, 0.25) is 0 Å². The molecule has 2 saturated carbocycles. The van der Waals surface area contributed by atoms with Gasteiger partial charge in [-0.15, -0.1) is 0 Å². The van der Waals surface area contributed by atoms with Crippen molar-refractivity contribution in [2.75, 3.05) is 6.61 Å². The number of ether oxygens (including phenoxy) is 5. The van der Waals surface area contributed by atoms with E-state index in [4.69, 9.17) is 23.7 Å². The number of carbonyl (C=O) groups excluding carboxylic acids is 4. The fourth-order valence-corrected chi connectivity index (χ4v) is 9.12. The minimum Gasteiger partial charge on any atom is -0.456 e. The summed E-state index contributed by atoms with van der Waals surface area (Å²) in [5.41, 5.74) is -7.55. The van der Waals surface area contributed by atoms with Gasteiger partial charge in [0.25, 0.3) is 0 Å². The van der Waals surface area contributed by atoms with Crippen molar-refractivity contribution in [1.29, 1.82) is 0 Å². The highest BCUT2D eigenvalue weighted by Crippen LogP contribution is 2.67. The molecule has 1 saturated heterocycles. The molecular weight excluding hydrogens is 670 g/mol. The number of aliphatic hydroxyl groups excluding tert-OH is 4. The smallest absolute Gasteiger partial charge is 0.407 e. The molecule has 15 heteroatoms. The average Bonchev–Trinajstić information content (AvgIpc) is 3.23. The SMILES string of the molecule is CC(=O)O[C@H]1C2=C(C)[C@@H](OC(=O)[C@H](O)[C@H](CC(C)C)NC(=O)OC(C)(C)C)C[C@@]2(C(C)(C)O)[C@@H](O)[C@@H]2[C@]3(OC(C)=O)CO[C@@H]3C[C@H](O)[C@@]2(C)[C@H]1O. The molecule has 0 radical (unpaired) electrons. The summed E-state index contributed by atoms with van der Waals surface area (Å²) in [5, 5.41) is 62.6. The summed E-state index contributed by atoms with van der Waals surface area (Å²) in [7, 11) is 0. The number of hydrogen-bond donors (Lipinski definition) is 6. The minimum atomic E-state index is -1.90. The predicted octanol–water partition coefficient (Wildman–Crippen LogP) is 1.43. The first-order chi connectivity index (χ1) is 23.2. The zero-order valence-electron chi connectivity index (χ0n) is 31.5. The van der Waals surface area contributed by atoms with Gasteiger partial charge in [-0.1, -0.05) is 20.8 Å². The molecule has 0 aromatic carbocycles. The van der Waals surface area contributed by atoms with Crippen molar-refractivity contribution in [1.82, 2.24) is 5.32 Å². The molecule has 4 aliphatic rings. The highest BCUT2D eigenvalue weighted by Gasteiger charge is 2.78. The second kappa shape index (κ2) is 13.9. The molecule has 0 unspecified atom stereocenters. The zero-order valence-corrected chi connectivity index (χ0v) is 31.5. The Morgan fingerprint density at radius 3 is 2.08 bits per heavy atom. The van der Waals surface area contributed by atoms with E-state index in [1.807, 2.05) is 13.8 Å². The Labute approximate surface area is 299 Å². The van der Waals surface area contributed by atoms with E-state index in [1.54, 1.807) is 27.7 Å². The second-order valence-electron chi connectivity index (χ2n) is 16.9. The van der Waals surface area contributed by atoms with Crippen molar-refractivity contribution in [3.8, 4) is 0 Å². The van der Waals surface area contributed by atoms with Crippen molar-refractivity contribution >= 4 is 24.0 Å². The zero-order chi connectivity index (χ0) is 38.8. The molecule has 0 aromatic rings. The number of rotatable bonds is 9. The molecule has 0 spiro atoms. The lowest BCUT2D eigenvalue weighted by Crippen LogP contribution is -2.78. The largest absolute Gasteiger partial charge is 0.456 e. The van der Waals surface area contributed by atoms with Gasteiger partial charge in [-0.3, -0.25) is 9.59 Å². The van der Waals surface area contributed by atoms with E-state index in [9.17, 15) is 44.7 Å². The number of esters is 3. The summed E-state index contributed by atoms with van der Waals surface area (Å²) >= 11 is 0. The summed E-state index contributed by atoms with van der Waals surface area (Å²) in [4.78, 5) is 51.6. The molecule has 3 aliphatic carbocycles. The standard InChI is InChI=1S/C36H57NO14/c1-16(2)12-20(37-31(45)51-32(6,7)8)25(41)30(44)49-21-14-35(33(9,10)46)24(17(21)3)26(48-18(4)38)28(42)34(11)22(40)13-23-36(15-47-23,50-19(5)39)27(34)29(35)43/h16,20-23,25-29,40-43,46H,12-15H2,1-11H3,(H,37,45)/t20-,21-,22-,23+,25+,26-,27-,28-,29-,34+,35-,36-/m0/s1. The number of hydrogen-bond acceptors (Lipinski definition) is 14. The van der Waals surface area contributed by atoms with E-state index in [0.717, 1.165) is 6.92 Å². The van der Waals surface area contributed by atoms with Crippen LogP contribution in [-0.2, 0) is 38.1 Å². The van der Waals surface area contributed by atoms with Crippen molar-refractivity contribution in [2.24, 2.45) is 22.7 Å². The molecule has 51 heavy (non-hydrogen) atoms. The van der Waals surface area contributed by atoms with Gasteiger partial charge in [-0.05, 0) is 65.0 Å². The molecule has 1 aliphatic heterocycles. The highest BCUT2D eigenvalue weighted by molar-refractivity contribution is 5.77. The van der Waals surface area contributed by atoms with Crippen LogP contribution < -0.4 is 5.32 Å². The normalized spacial score (nSPS) is 37.5. The van der Waals surface area contributed by atoms with Gasteiger partial charge in [-0.2, -0.15) is 0 Å². The quantitative estimate of drug-likeness (QED) is 0.112. The summed E-state index contributed by atoms with van der Waals surface area (Å²) < 4.78 is 28.7. The Hall–Kier alpha value is -2.82. The number of fused-ring (bicyclic) bond motifs is 4. The monoisotopic (exact) mass is 727 g/mol. The molecule has 6 N–H and O–H groups in total. The summed E-state index contributed by atoms with van der Waals surface area (Å²) in [6, 6.07) is -1.11. The number of amides is 1. The first-order valence-corrected chi connectivity index (χ1v) is 17.6. The van der Waals surface area contributed by atoms with Crippen LogP contribution in [0.4, 0.5) is 4.79 Å². The predicted molar refractivity (Wildman–Crippen MR) is 179 cm³/mol. The molecular formula is C36H57NO14. The van der Waals surface area contributed by atoms with Gasteiger partial charge >= 0.3 is 24.0 Å².